The fourth-order valence-electron chi connectivity index (χ4n) is 1.22. The molecule has 0 unspecified atom stereocenters. The molecular formula is C10H10NO3S. The van der Waals surface area contributed by atoms with Crippen molar-refractivity contribution in [3.8, 4) is 0 Å². The molecule has 0 bridgehead atoms. The first-order valence-corrected chi connectivity index (χ1v) is 5.29. The van der Waals surface area contributed by atoms with Crippen LogP contribution in [0.15, 0.2) is 23.3 Å². The van der Waals surface area contributed by atoms with E-state index in [1.54, 1.807) is 16.2 Å². The summed E-state index contributed by atoms with van der Waals surface area (Å²) in [5, 5.41) is 2.01. The first-order chi connectivity index (χ1) is 7.29. The number of hydrogen-bond donors (Lipinski definition) is 0. The van der Waals surface area contributed by atoms with Crippen LogP contribution in [0.5, 0.6) is 0 Å². The van der Waals surface area contributed by atoms with Crippen molar-refractivity contribution >= 4 is 17.3 Å². The molecule has 2 heterocycles. The van der Waals surface area contributed by atoms with Gasteiger partial charge in [-0.25, -0.2) is 4.79 Å². The van der Waals surface area contributed by atoms with Crippen LogP contribution in [0.25, 0.3) is 0 Å². The Morgan fingerprint density at radius 1 is 1.80 bits per heavy atom. The van der Waals surface area contributed by atoms with E-state index in [1.165, 1.54) is 12.0 Å². The minimum atomic E-state index is -0.483. The SMILES string of the molecule is COC(=O)C1=[C]N(Cc2cccs2)CO1. The third kappa shape index (κ3) is 2.30. The van der Waals surface area contributed by atoms with Gasteiger partial charge in [-0.15, -0.1) is 11.3 Å². The molecule has 0 N–H and O–H groups in total. The van der Waals surface area contributed by atoms with Crippen molar-refractivity contribution in [2.24, 2.45) is 0 Å². The Morgan fingerprint density at radius 2 is 2.67 bits per heavy atom. The summed E-state index contributed by atoms with van der Waals surface area (Å²) < 4.78 is 9.66. The molecule has 0 atom stereocenters. The number of carbonyl (C=O) groups is 1. The van der Waals surface area contributed by atoms with Gasteiger partial charge in [-0.2, -0.15) is 0 Å². The smallest absolute Gasteiger partial charge is 0.375 e. The van der Waals surface area contributed by atoms with E-state index in [-0.39, 0.29) is 5.76 Å². The fraction of sp³-hybridized carbons (Fsp3) is 0.300. The highest BCUT2D eigenvalue weighted by Gasteiger charge is 2.21. The van der Waals surface area contributed by atoms with Crippen LogP contribution in [0.1, 0.15) is 4.88 Å². The number of hydrogen-bond acceptors (Lipinski definition) is 5. The second-order valence-corrected chi connectivity index (χ2v) is 4.02. The summed E-state index contributed by atoms with van der Waals surface area (Å²) in [4.78, 5) is 14.1. The molecule has 0 aliphatic carbocycles. The van der Waals surface area contributed by atoms with Crippen LogP contribution in [0.3, 0.4) is 0 Å². The van der Waals surface area contributed by atoms with E-state index in [0.717, 1.165) is 0 Å². The van der Waals surface area contributed by atoms with Crippen molar-refractivity contribution in [1.29, 1.82) is 0 Å². The van der Waals surface area contributed by atoms with Crippen molar-refractivity contribution in [1.82, 2.24) is 4.90 Å². The number of thiophene rings is 1. The van der Waals surface area contributed by atoms with Gasteiger partial charge in [0.15, 0.2) is 6.73 Å². The molecule has 0 spiro atoms. The van der Waals surface area contributed by atoms with Crippen LogP contribution in [0.4, 0.5) is 0 Å². The van der Waals surface area contributed by atoms with E-state index < -0.39 is 5.97 Å². The Kier molecular flexibility index (Phi) is 2.91. The van der Waals surface area contributed by atoms with Gasteiger partial charge in [-0.3, -0.25) is 0 Å². The lowest BCUT2D eigenvalue weighted by Crippen LogP contribution is -2.13. The third-order valence-electron chi connectivity index (χ3n) is 1.92. The summed E-state index contributed by atoms with van der Waals surface area (Å²) in [6.45, 7) is 1.06. The number of methoxy groups -OCH3 is 1. The molecule has 0 fully saturated rings. The predicted octanol–water partition coefficient (Wildman–Crippen LogP) is 1.36. The van der Waals surface area contributed by atoms with E-state index in [2.05, 4.69) is 10.9 Å². The van der Waals surface area contributed by atoms with Gasteiger partial charge >= 0.3 is 5.97 Å². The van der Waals surface area contributed by atoms with E-state index in [1.807, 2.05) is 17.5 Å². The van der Waals surface area contributed by atoms with E-state index in [4.69, 9.17) is 4.74 Å². The topological polar surface area (TPSA) is 38.8 Å². The Balaban J connectivity index is 1.97. The zero-order valence-electron chi connectivity index (χ0n) is 8.23. The fourth-order valence-corrected chi connectivity index (χ4v) is 1.94. The standard InChI is InChI=1S/C10H10NO3S/c1-13-10(12)9-6-11(7-14-9)5-8-3-2-4-15-8/h2-4H,5,7H2,1H3. The number of nitrogens with zero attached hydrogens (tertiary/aromatic N) is 1. The van der Waals surface area contributed by atoms with E-state index >= 15 is 0 Å². The molecular weight excluding hydrogens is 214 g/mol. The highest BCUT2D eigenvalue weighted by molar-refractivity contribution is 7.09. The lowest BCUT2D eigenvalue weighted by Gasteiger charge is -2.10. The second-order valence-electron chi connectivity index (χ2n) is 2.98. The van der Waals surface area contributed by atoms with Crippen LogP contribution < -0.4 is 0 Å². The lowest BCUT2D eigenvalue weighted by molar-refractivity contribution is -0.139. The maximum Gasteiger partial charge on any atom is 0.375 e. The zero-order chi connectivity index (χ0) is 10.7. The first-order valence-electron chi connectivity index (χ1n) is 4.41. The molecule has 1 aliphatic rings. The average molecular weight is 224 g/mol. The van der Waals surface area contributed by atoms with Gasteiger partial charge < -0.3 is 14.4 Å². The molecule has 79 valence electrons. The predicted molar refractivity (Wildman–Crippen MR) is 54.6 cm³/mol. The Hall–Kier alpha value is -1.49. The number of carbonyl (C=O) groups excluding carboxylic acids is 1. The molecule has 2 rings (SSSR count). The molecule has 4 nitrogen and oxygen atoms in total. The maximum absolute atomic E-state index is 11.1. The zero-order valence-corrected chi connectivity index (χ0v) is 9.04. The van der Waals surface area contributed by atoms with Gasteiger partial charge in [0.05, 0.1) is 13.7 Å². The molecule has 0 aromatic carbocycles. The highest BCUT2D eigenvalue weighted by atomic mass is 32.1. The summed E-state index contributed by atoms with van der Waals surface area (Å²) >= 11 is 1.66. The van der Waals surface area contributed by atoms with Crippen molar-refractivity contribution in [2.45, 2.75) is 6.54 Å². The molecule has 1 aromatic rings. The van der Waals surface area contributed by atoms with E-state index in [9.17, 15) is 4.79 Å². The number of esters is 1. The van der Waals surface area contributed by atoms with Crippen molar-refractivity contribution in [3.63, 3.8) is 0 Å². The van der Waals surface area contributed by atoms with Gasteiger partial charge in [0.1, 0.15) is 6.20 Å². The van der Waals surface area contributed by atoms with Gasteiger partial charge in [0, 0.05) is 4.88 Å². The quantitative estimate of drug-likeness (QED) is 0.727. The van der Waals surface area contributed by atoms with Crippen LogP contribution in [0, 0.1) is 6.20 Å². The Labute approximate surface area is 91.7 Å². The summed E-state index contributed by atoms with van der Waals surface area (Å²) in [5.41, 5.74) is 0. The lowest BCUT2D eigenvalue weighted by atomic mass is 10.4. The average Bonchev–Trinajstić information content (AvgIpc) is 2.88. The highest BCUT2D eigenvalue weighted by Crippen LogP contribution is 2.17. The summed E-state index contributed by atoms with van der Waals surface area (Å²) in [6.07, 6.45) is 2.84. The minimum Gasteiger partial charge on any atom is -0.464 e. The van der Waals surface area contributed by atoms with Crippen LogP contribution in [-0.4, -0.2) is 24.7 Å². The van der Waals surface area contributed by atoms with Crippen molar-refractivity contribution in [3.05, 3.63) is 34.3 Å². The minimum absolute atomic E-state index is 0.147. The van der Waals surface area contributed by atoms with Crippen molar-refractivity contribution in [2.75, 3.05) is 13.8 Å². The van der Waals surface area contributed by atoms with Crippen molar-refractivity contribution < 1.29 is 14.3 Å². The molecule has 0 amide bonds. The first kappa shape index (κ1) is 10.0. The largest absolute Gasteiger partial charge is 0.464 e. The Morgan fingerprint density at radius 3 is 3.33 bits per heavy atom. The second kappa shape index (κ2) is 4.35. The molecule has 5 heteroatoms. The van der Waals surface area contributed by atoms with Gasteiger partial charge in [-0.1, -0.05) is 6.07 Å². The number of rotatable bonds is 3. The van der Waals surface area contributed by atoms with Crippen LogP contribution in [0.2, 0.25) is 0 Å². The normalized spacial score (nSPS) is 14.7. The van der Waals surface area contributed by atoms with Crippen LogP contribution >= 0.6 is 11.3 Å². The molecule has 15 heavy (non-hydrogen) atoms. The van der Waals surface area contributed by atoms with Gasteiger partial charge in [0.25, 0.3) is 0 Å². The molecule has 0 saturated carbocycles. The summed E-state index contributed by atoms with van der Waals surface area (Å²) in [6, 6.07) is 4.02. The van der Waals surface area contributed by atoms with Crippen LogP contribution in [-0.2, 0) is 20.8 Å². The summed E-state index contributed by atoms with van der Waals surface area (Å²) in [7, 11) is 1.32. The van der Waals surface area contributed by atoms with E-state index in [0.29, 0.717) is 13.3 Å². The molecule has 1 aromatic heterocycles. The molecule has 0 saturated heterocycles. The maximum atomic E-state index is 11.1. The van der Waals surface area contributed by atoms with Gasteiger partial charge in [-0.05, 0) is 11.4 Å². The molecule has 1 radical (unpaired) electrons. The molecule has 1 aliphatic heterocycles. The van der Waals surface area contributed by atoms with Gasteiger partial charge in [0.2, 0.25) is 5.76 Å². The Bertz CT molecular complexity index is 372. The number of ether oxygens (including phenoxy) is 2. The monoisotopic (exact) mass is 224 g/mol. The third-order valence-corrected chi connectivity index (χ3v) is 2.78. The summed E-state index contributed by atoms with van der Waals surface area (Å²) in [5.74, 6) is -0.335.